The molecule has 0 saturated carbocycles. The fourth-order valence-corrected chi connectivity index (χ4v) is 4.00. The van der Waals surface area contributed by atoms with Crippen molar-refractivity contribution in [2.24, 2.45) is 0 Å². The van der Waals surface area contributed by atoms with Gasteiger partial charge in [-0.15, -0.1) is 11.8 Å². The monoisotopic (exact) mass is 302 g/mol. The highest BCUT2D eigenvalue weighted by Gasteiger charge is 2.45. The Balaban J connectivity index is 2.11. The number of carbonyl (C=O) groups excluding carboxylic acids is 1. The second kappa shape index (κ2) is 5.81. The molecule has 2 aliphatic rings. The Hall–Kier alpha value is -0.950. The summed E-state index contributed by atoms with van der Waals surface area (Å²) < 4.78 is 5.50. The number of hydrogen-bond acceptors (Lipinski definition) is 4. The number of thioether (sulfide) groups is 1. The second-order valence-electron chi connectivity index (χ2n) is 5.57. The molecule has 4 atom stereocenters. The lowest BCUT2D eigenvalue weighted by atomic mass is 9.95. The molecule has 0 aromatic rings. The van der Waals surface area contributed by atoms with Gasteiger partial charge in [-0.05, 0) is 26.7 Å². The number of carbonyl (C=O) groups is 2. The Morgan fingerprint density at radius 2 is 2.25 bits per heavy atom. The number of hydrogen-bond donors (Lipinski definition) is 2. The molecule has 20 heavy (non-hydrogen) atoms. The van der Waals surface area contributed by atoms with Crippen molar-refractivity contribution >= 4 is 23.8 Å². The molecule has 2 N–H and O–H groups in total. The molecule has 0 aromatic carbocycles. The van der Waals surface area contributed by atoms with Gasteiger partial charge in [0.15, 0.2) is 0 Å². The van der Waals surface area contributed by atoms with E-state index in [2.05, 4.69) is 5.32 Å². The van der Waals surface area contributed by atoms with Gasteiger partial charge in [0.2, 0.25) is 0 Å². The second-order valence-corrected chi connectivity index (χ2v) is 6.78. The molecule has 114 valence electrons. The van der Waals surface area contributed by atoms with Crippen LogP contribution in [-0.2, 0) is 9.53 Å². The van der Waals surface area contributed by atoms with E-state index in [4.69, 9.17) is 4.74 Å². The smallest absolute Gasteiger partial charge is 0.327 e. The maximum atomic E-state index is 12.5. The summed E-state index contributed by atoms with van der Waals surface area (Å²) >= 11 is 1.53. The van der Waals surface area contributed by atoms with Gasteiger partial charge in [-0.25, -0.2) is 9.59 Å². The standard InChI is InChI=1S/C13H22N2O4S/c1-4-10-15(9(7-20-10)11(16)17)12(18)14-13(3)5-6-19-8(13)2/h8-10H,4-7H2,1-3H3,(H,14,18)(H,16,17). The minimum atomic E-state index is -0.940. The molecule has 0 bridgehead atoms. The molecule has 2 amide bonds. The van der Waals surface area contributed by atoms with E-state index >= 15 is 0 Å². The van der Waals surface area contributed by atoms with Crippen LogP contribution in [0, 0.1) is 0 Å². The molecular formula is C13H22N2O4S. The summed E-state index contributed by atoms with van der Waals surface area (Å²) in [4.78, 5) is 25.3. The first-order valence-electron chi connectivity index (χ1n) is 6.95. The summed E-state index contributed by atoms with van der Waals surface area (Å²) in [6.07, 6.45) is 1.42. The molecule has 2 fully saturated rings. The first-order valence-corrected chi connectivity index (χ1v) is 8.00. The van der Waals surface area contributed by atoms with Crippen LogP contribution in [0.5, 0.6) is 0 Å². The quantitative estimate of drug-likeness (QED) is 0.826. The van der Waals surface area contributed by atoms with E-state index in [1.165, 1.54) is 16.7 Å². The molecule has 0 spiro atoms. The Kier molecular flexibility index (Phi) is 4.49. The number of ether oxygens (including phenoxy) is 1. The summed E-state index contributed by atoms with van der Waals surface area (Å²) in [5.41, 5.74) is -0.425. The van der Waals surface area contributed by atoms with Crippen LogP contribution in [0.25, 0.3) is 0 Å². The third-order valence-corrected chi connectivity index (χ3v) is 5.69. The van der Waals surface area contributed by atoms with Crippen LogP contribution in [0.15, 0.2) is 0 Å². The molecular weight excluding hydrogens is 280 g/mol. The van der Waals surface area contributed by atoms with E-state index < -0.39 is 17.6 Å². The Bertz CT molecular complexity index is 406. The molecule has 2 heterocycles. The Morgan fingerprint density at radius 1 is 1.55 bits per heavy atom. The molecule has 4 unspecified atom stereocenters. The molecule has 0 aliphatic carbocycles. The maximum absolute atomic E-state index is 12.5. The summed E-state index contributed by atoms with van der Waals surface area (Å²) in [5.74, 6) is -0.492. The van der Waals surface area contributed by atoms with Gasteiger partial charge in [0.25, 0.3) is 0 Å². The van der Waals surface area contributed by atoms with Gasteiger partial charge in [-0.2, -0.15) is 0 Å². The van der Waals surface area contributed by atoms with Gasteiger partial charge in [0.1, 0.15) is 6.04 Å². The van der Waals surface area contributed by atoms with Crippen LogP contribution in [0.3, 0.4) is 0 Å². The third kappa shape index (κ3) is 2.74. The van der Waals surface area contributed by atoms with Crippen LogP contribution in [-0.4, -0.2) is 57.4 Å². The van der Waals surface area contributed by atoms with Crippen molar-refractivity contribution in [3.8, 4) is 0 Å². The van der Waals surface area contributed by atoms with Crippen molar-refractivity contribution in [2.75, 3.05) is 12.4 Å². The molecule has 0 radical (unpaired) electrons. The van der Waals surface area contributed by atoms with Crippen LogP contribution < -0.4 is 5.32 Å². The Labute approximate surface area is 123 Å². The summed E-state index contributed by atoms with van der Waals surface area (Å²) in [5, 5.41) is 12.2. The zero-order chi connectivity index (χ0) is 14.9. The van der Waals surface area contributed by atoms with Gasteiger partial charge < -0.3 is 15.2 Å². The third-order valence-electron chi connectivity index (χ3n) is 4.24. The summed E-state index contributed by atoms with van der Waals surface area (Å²) in [6.45, 7) is 6.46. The molecule has 7 heteroatoms. The zero-order valence-electron chi connectivity index (χ0n) is 12.1. The first kappa shape index (κ1) is 15.4. The topological polar surface area (TPSA) is 78.9 Å². The van der Waals surface area contributed by atoms with Crippen molar-refractivity contribution in [3.05, 3.63) is 0 Å². The number of nitrogens with one attached hydrogen (secondary N) is 1. The highest BCUT2D eigenvalue weighted by atomic mass is 32.2. The van der Waals surface area contributed by atoms with Crippen molar-refractivity contribution < 1.29 is 19.4 Å². The molecule has 6 nitrogen and oxygen atoms in total. The minimum Gasteiger partial charge on any atom is -0.480 e. The number of carboxylic acid groups (broad SMARTS) is 1. The van der Waals surface area contributed by atoms with E-state index in [0.717, 1.165) is 12.8 Å². The molecule has 2 aliphatic heterocycles. The van der Waals surface area contributed by atoms with Crippen molar-refractivity contribution in [2.45, 2.75) is 56.7 Å². The number of carboxylic acids is 1. The van der Waals surface area contributed by atoms with E-state index in [0.29, 0.717) is 12.4 Å². The van der Waals surface area contributed by atoms with Crippen molar-refractivity contribution in [1.29, 1.82) is 0 Å². The Morgan fingerprint density at radius 3 is 2.75 bits per heavy atom. The fourth-order valence-electron chi connectivity index (χ4n) is 2.65. The number of aliphatic carboxylic acids is 1. The van der Waals surface area contributed by atoms with E-state index in [9.17, 15) is 14.7 Å². The van der Waals surface area contributed by atoms with Gasteiger partial charge >= 0.3 is 12.0 Å². The number of nitrogens with zero attached hydrogens (tertiary/aromatic N) is 1. The number of rotatable bonds is 3. The van der Waals surface area contributed by atoms with Crippen LogP contribution in [0.2, 0.25) is 0 Å². The van der Waals surface area contributed by atoms with Gasteiger partial charge in [-0.3, -0.25) is 4.90 Å². The molecule has 2 saturated heterocycles. The van der Waals surface area contributed by atoms with Gasteiger partial charge in [0, 0.05) is 12.4 Å². The van der Waals surface area contributed by atoms with Crippen LogP contribution >= 0.6 is 11.8 Å². The normalized spacial score (nSPS) is 37.1. The highest BCUT2D eigenvalue weighted by molar-refractivity contribution is 8.00. The van der Waals surface area contributed by atoms with E-state index in [1.807, 2.05) is 20.8 Å². The average Bonchev–Trinajstić information content (AvgIpc) is 2.94. The lowest BCUT2D eigenvalue weighted by molar-refractivity contribution is -0.141. The number of amides is 2. The average molecular weight is 302 g/mol. The number of urea groups is 1. The largest absolute Gasteiger partial charge is 0.480 e. The summed E-state index contributed by atoms with van der Waals surface area (Å²) in [6, 6.07) is -1.04. The maximum Gasteiger partial charge on any atom is 0.327 e. The predicted molar refractivity (Wildman–Crippen MR) is 76.8 cm³/mol. The predicted octanol–water partition coefficient (Wildman–Crippen LogP) is 1.50. The van der Waals surface area contributed by atoms with E-state index in [1.54, 1.807) is 0 Å². The van der Waals surface area contributed by atoms with Crippen molar-refractivity contribution in [1.82, 2.24) is 10.2 Å². The summed E-state index contributed by atoms with van der Waals surface area (Å²) in [7, 11) is 0. The van der Waals surface area contributed by atoms with E-state index in [-0.39, 0.29) is 17.5 Å². The zero-order valence-corrected chi connectivity index (χ0v) is 12.9. The molecule has 0 aromatic heterocycles. The fraction of sp³-hybridized carbons (Fsp3) is 0.846. The van der Waals surface area contributed by atoms with Crippen molar-refractivity contribution in [3.63, 3.8) is 0 Å². The lowest BCUT2D eigenvalue weighted by Crippen LogP contribution is -2.58. The molecule has 2 rings (SSSR count). The first-order chi connectivity index (χ1) is 9.39. The van der Waals surface area contributed by atoms with Gasteiger partial charge in [-0.1, -0.05) is 6.92 Å². The minimum absolute atomic E-state index is 0.0648. The van der Waals surface area contributed by atoms with Crippen LogP contribution in [0.4, 0.5) is 4.79 Å². The lowest BCUT2D eigenvalue weighted by Gasteiger charge is -2.34. The van der Waals surface area contributed by atoms with Crippen LogP contribution in [0.1, 0.15) is 33.6 Å². The van der Waals surface area contributed by atoms with Gasteiger partial charge in [0.05, 0.1) is 17.0 Å². The SMILES string of the molecule is CCC1SCC(C(=O)O)N1C(=O)NC1(C)CCOC1C. The highest BCUT2D eigenvalue weighted by Crippen LogP contribution is 2.33.